The fourth-order valence-electron chi connectivity index (χ4n) is 4.23. The number of aromatic nitrogens is 3. The Kier molecular flexibility index (Phi) is 3.63. The molecule has 5 rings (SSSR count). The molecule has 0 spiro atoms. The highest BCUT2D eigenvalue weighted by Crippen LogP contribution is 2.45. The van der Waals surface area contributed by atoms with Crippen LogP contribution in [0.2, 0.25) is 0 Å². The topological polar surface area (TPSA) is 104 Å². The first-order chi connectivity index (χ1) is 13.5. The van der Waals surface area contributed by atoms with Gasteiger partial charge in [0.25, 0.3) is 0 Å². The predicted octanol–water partition coefficient (Wildman–Crippen LogP) is 1.28. The molecule has 0 radical (unpaired) electrons. The van der Waals surface area contributed by atoms with Crippen LogP contribution in [0.15, 0.2) is 17.3 Å². The first-order valence-corrected chi connectivity index (χ1v) is 9.35. The minimum atomic E-state index is -1.23. The predicted molar refractivity (Wildman–Crippen MR) is 105 cm³/mol. The second-order valence-electron chi connectivity index (χ2n) is 7.56. The van der Waals surface area contributed by atoms with E-state index in [1.165, 1.54) is 6.20 Å². The Morgan fingerprint density at radius 3 is 2.79 bits per heavy atom. The highest BCUT2D eigenvalue weighted by molar-refractivity contribution is 6.14. The van der Waals surface area contributed by atoms with E-state index in [-0.39, 0.29) is 11.6 Å². The molecule has 2 N–H and O–H groups in total. The molecule has 9 heteroatoms. The van der Waals surface area contributed by atoms with Gasteiger partial charge in [0.1, 0.15) is 23.4 Å². The van der Waals surface area contributed by atoms with Gasteiger partial charge in [-0.3, -0.25) is 4.79 Å². The van der Waals surface area contributed by atoms with Gasteiger partial charge in [0.2, 0.25) is 5.43 Å². The third kappa shape index (κ3) is 2.26. The van der Waals surface area contributed by atoms with Crippen LogP contribution in [0.1, 0.15) is 23.3 Å². The number of carbonyl (C=O) groups is 1. The molecular formula is C19H21N5O4. The molecule has 2 aliphatic heterocycles. The summed E-state index contributed by atoms with van der Waals surface area (Å²) in [5, 5.41) is 9.84. The number of likely N-dealkylation sites (N-methyl/N-ethyl adjacent to an activating group) is 1. The maximum Gasteiger partial charge on any atom is 0.341 e. The number of carboxylic acids is 1. The van der Waals surface area contributed by atoms with E-state index < -0.39 is 11.4 Å². The molecule has 0 amide bonds. The summed E-state index contributed by atoms with van der Waals surface area (Å²) < 4.78 is 8.00. The monoisotopic (exact) mass is 383 g/mol. The van der Waals surface area contributed by atoms with Crippen LogP contribution < -0.4 is 15.1 Å². The highest BCUT2D eigenvalue weighted by Gasteiger charge is 2.32. The van der Waals surface area contributed by atoms with E-state index in [1.807, 2.05) is 11.5 Å². The number of ether oxygens (including phenoxy) is 1. The zero-order chi connectivity index (χ0) is 19.6. The van der Waals surface area contributed by atoms with Gasteiger partial charge in [-0.2, -0.15) is 0 Å². The second kappa shape index (κ2) is 5.96. The van der Waals surface area contributed by atoms with E-state index in [4.69, 9.17) is 4.74 Å². The standard InChI is InChI=1S/C19H21N5O4/c1-10-8-28-18-15-12(17(25)11(19(26)27)7-24(10)15)13-14(21-9-20-13)16(18)23-5-3-22(2)4-6-23/h7,9-10H,3-6,8H2,1-2H3,(H,20,21)(H,26,27). The lowest BCUT2D eigenvalue weighted by Gasteiger charge is -2.37. The average molecular weight is 383 g/mol. The van der Waals surface area contributed by atoms with Gasteiger partial charge >= 0.3 is 5.97 Å². The fourth-order valence-corrected chi connectivity index (χ4v) is 4.23. The summed E-state index contributed by atoms with van der Waals surface area (Å²) in [6.45, 7) is 5.87. The summed E-state index contributed by atoms with van der Waals surface area (Å²) in [4.78, 5) is 36.8. The molecule has 2 aromatic heterocycles. The Bertz CT molecular complexity index is 1170. The van der Waals surface area contributed by atoms with Crippen LogP contribution in [-0.2, 0) is 0 Å². The van der Waals surface area contributed by atoms with E-state index >= 15 is 0 Å². The van der Waals surface area contributed by atoms with Crippen molar-refractivity contribution in [3.63, 3.8) is 0 Å². The molecular weight excluding hydrogens is 362 g/mol. The van der Waals surface area contributed by atoms with E-state index in [0.29, 0.717) is 34.3 Å². The number of aromatic carboxylic acids is 1. The van der Waals surface area contributed by atoms with Gasteiger partial charge in [-0.05, 0) is 14.0 Å². The molecule has 0 aliphatic carbocycles. The quantitative estimate of drug-likeness (QED) is 0.687. The maximum atomic E-state index is 13.0. The molecule has 3 aromatic rings. The van der Waals surface area contributed by atoms with Crippen molar-refractivity contribution in [1.82, 2.24) is 19.4 Å². The fraction of sp³-hybridized carbons (Fsp3) is 0.421. The molecule has 1 atom stereocenters. The van der Waals surface area contributed by atoms with Gasteiger partial charge in [-0.15, -0.1) is 0 Å². The number of imidazole rings is 1. The maximum absolute atomic E-state index is 13.0. The van der Waals surface area contributed by atoms with Crippen molar-refractivity contribution in [3.05, 3.63) is 28.3 Å². The largest absolute Gasteiger partial charge is 0.487 e. The van der Waals surface area contributed by atoms with E-state index in [0.717, 1.165) is 31.9 Å². The molecule has 0 saturated carbocycles. The van der Waals surface area contributed by atoms with Crippen molar-refractivity contribution in [2.24, 2.45) is 0 Å². The Labute approximate surface area is 160 Å². The Morgan fingerprint density at radius 2 is 2.07 bits per heavy atom. The minimum Gasteiger partial charge on any atom is -0.487 e. The summed E-state index contributed by atoms with van der Waals surface area (Å²) in [7, 11) is 2.09. The van der Waals surface area contributed by atoms with Crippen molar-refractivity contribution in [1.29, 1.82) is 0 Å². The van der Waals surface area contributed by atoms with Crippen LogP contribution in [0, 0.1) is 0 Å². The van der Waals surface area contributed by atoms with Gasteiger partial charge in [0, 0.05) is 32.4 Å². The van der Waals surface area contributed by atoms with Crippen LogP contribution in [-0.4, -0.2) is 70.3 Å². The zero-order valence-corrected chi connectivity index (χ0v) is 15.7. The number of nitrogens with one attached hydrogen (secondary N) is 1. The molecule has 1 aromatic carbocycles. The van der Waals surface area contributed by atoms with Gasteiger partial charge in [0.05, 0.1) is 28.8 Å². The smallest absolute Gasteiger partial charge is 0.341 e. The molecule has 1 unspecified atom stereocenters. The summed E-state index contributed by atoms with van der Waals surface area (Å²) >= 11 is 0. The van der Waals surface area contributed by atoms with Gasteiger partial charge < -0.3 is 29.2 Å². The van der Waals surface area contributed by atoms with Crippen molar-refractivity contribution in [3.8, 4) is 5.75 Å². The SMILES string of the molecule is CC1COc2c(N3CCN(C)CC3)c3[nH]cnc3c3c(=O)c(C(=O)O)cn1c23. The number of H-pyrrole nitrogens is 1. The number of fused-ring (bicyclic) bond motifs is 2. The molecule has 9 nitrogen and oxygen atoms in total. The summed E-state index contributed by atoms with van der Waals surface area (Å²) in [6.07, 6.45) is 2.99. The molecule has 2 aliphatic rings. The van der Waals surface area contributed by atoms with Crippen LogP contribution >= 0.6 is 0 Å². The molecule has 1 fully saturated rings. The van der Waals surface area contributed by atoms with Gasteiger partial charge in [0.15, 0.2) is 5.75 Å². The first kappa shape index (κ1) is 17.1. The lowest BCUT2D eigenvalue weighted by molar-refractivity contribution is 0.0694. The molecule has 28 heavy (non-hydrogen) atoms. The minimum absolute atomic E-state index is 0.0922. The zero-order valence-electron chi connectivity index (χ0n) is 15.7. The number of benzene rings is 1. The lowest BCUT2D eigenvalue weighted by Crippen LogP contribution is -2.45. The van der Waals surface area contributed by atoms with Crippen molar-refractivity contribution in [2.45, 2.75) is 13.0 Å². The van der Waals surface area contributed by atoms with Gasteiger partial charge in [-0.1, -0.05) is 0 Å². The number of hydrogen-bond donors (Lipinski definition) is 2. The van der Waals surface area contributed by atoms with Crippen LogP contribution in [0.25, 0.3) is 21.9 Å². The van der Waals surface area contributed by atoms with Crippen LogP contribution in [0.5, 0.6) is 5.75 Å². The molecule has 4 heterocycles. The Hall–Kier alpha value is -3.07. The van der Waals surface area contributed by atoms with Gasteiger partial charge in [-0.25, -0.2) is 9.78 Å². The Balaban J connectivity index is 1.91. The van der Waals surface area contributed by atoms with E-state index in [1.54, 1.807) is 6.33 Å². The number of hydrogen-bond acceptors (Lipinski definition) is 6. The summed E-state index contributed by atoms with van der Waals surface area (Å²) in [5.41, 5.74) is 1.96. The molecule has 146 valence electrons. The van der Waals surface area contributed by atoms with Crippen molar-refractivity contribution in [2.75, 3.05) is 44.7 Å². The summed E-state index contributed by atoms with van der Waals surface area (Å²) in [6, 6.07) is -0.0922. The number of carboxylic acid groups (broad SMARTS) is 1. The third-order valence-corrected chi connectivity index (χ3v) is 5.77. The van der Waals surface area contributed by atoms with Crippen LogP contribution in [0.4, 0.5) is 5.69 Å². The number of nitrogens with zero attached hydrogens (tertiary/aromatic N) is 4. The number of piperazine rings is 1. The normalized spacial score (nSPS) is 19.9. The highest BCUT2D eigenvalue weighted by atomic mass is 16.5. The summed E-state index contributed by atoms with van der Waals surface area (Å²) in [5.74, 6) is -0.605. The third-order valence-electron chi connectivity index (χ3n) is 5.77. The number of pyridine rings is 1. The Morgan fingerprint density at radius 1 is 1.32 bits per heavy atom. The second-order valence-corrected chi connectivity index (χ2v) is 7.56. The molecule has 0 bridgehead atoms. The number of rotatable bonds is 2. The van der Waals surface area contributed by atoms with Crippen molar-refractivity contribution < 1.29 is 14.6 Å². The average Bonchev–Trinajstić information content (AvgIpc) is 3.15. The van der Waals surface area contributed by atoms with E-state index in [9.17, 15) is 14.7 Å². The van der Waals surface area contributed by atoms with Crippen LogP contribution in [0.3, 0.4) is 0 Å². The first-order valence-electron chi connectivity index (χ1n) is 9.35. The number of anilines is 1. The number of aromatic amines is 1. The lowest BCUT2D eigenvalue weighted by atomic mass is 10.0. The van der Waals surface area contributed by atoms with Crippen molar-refractivity contribution >= 4 is 33.6 Å². The molecule has 1 saturated heterocycles. The van der Waals surface area contributed by atoms with E-state index in [2.05, 4.69) is 26.8 Å².